The standard InChI is InChI=1S/C28H24F5NO3/c1-2-36-27(35)23-12-16(7-10-25(23)34)20-4-3-5-21(20)22-13-18(28(31,32)33)8-11-26(22)37-15-17-6-9-19(29)14-24(17)30/h6-14H,2-5,15,34H2,1H3. The Labute approximate surface area is 210 Å². The fourth-order valence-corrected chi connectivity index (χ4v) is 4.35. The SMILES string of the molecule is CCOC(=O)c1cc(C2=C(c3cc(C(F)(F)F)ccc3OCc3ccc(F)cc3F)CCC2)ccc1N. The van der Waals surface area contributed by atoms with Gasteiger partial charge in [0.1, 0.15) is 24.0 Å². The Kier molecular flexibility index (Phi) is 7.52. The Hall–Kier alpha value is -3.88. The van der Waals surface area contributed by atoms with Gasteiger partial charge in [-0.3, -0.25) is 0 Å². The van der Waals surface area contributed by atoms with Crippen LogP contribution in [0, 0.1) is 11.6 Å². The molecule has 0 saturated heterocycles. The van der Waals surface area contributed by atoms with Crippen molar-refractivity contribution in [1.82, 2.24) is 0 Å². The lowest BCUT2D eigenvalue weighted by Gasteiger charge is -2.18. The molecule has 0 fully saturated rings. The van der Waals surface area contributed by atoms with Gasteiger partial charge in [-0.05, 0) is 85.4 Å². The van der Waals surface area contributed by atoms with Crippen molar-refractivity contribution in [2.75, 3.05) is 12.3 Å². The minimum atomic E-state index is -4.59. The predicted molar refractivity (Wildman–Crippen MR) is 130 cm³/mol. The number of carbonyl (C=O) groups is 1. The van der Waals surface area contributed by atoms with E-state index >= 15 is 0 Å². The molecule has 37 heavy (non-hydrogen) atoms. The van der Waals surface area contributed by atoms with Crippen molar-refractivity contribution < 1.29 is 36.2 Å². The Morgan fingerprint density at radius 2 is 1.73 bits per heavy atom. The van der Waals surface area contributed by atoms with Gasteiger partial charge in [0.25, 0.3) is 0 Å². The maximum Gasteiger partial charge on any atom is 0.416 e. The van der Waals surface area contributed by atoms with Crippen LogP contribution in [0.15, 0.2) is 54.6 Å². The van der Waals surface area contributed by atoms with Crippen molar-refractivity contribution in [3.63, 3.8) is 0 Å². The third kappa shape index (κ3) is 5.76. The van der Waals surface area contributed by atoms with Crippen LogP contribution in [0.3, 0.4) is 0 Å². The molecule has 1 aliphatic carbocycles. The molecule has 194 valence electrons. The highest BCUT2D eigenvalue weighted by atomic mass is 19.4. The van der Waals surface area contributed by atoms with E-state index in [1.54, 1.807) is 25.1 Å². The van der Waals surface area contributed by atoms with Crippen LogP contribution >= 0.6 is 0 Å². The van der Waals surface area contributed by atoms with Crippen LogP contribution < -0.4 is 10.5 Å². The Morgan fingerprint density at radius 1 is 0.973 bits per heavy atom. The summed E-state index contributed by atoms with van der Waals surface area (Å²) in [6.45, 7) is 1.53. The number of nitrogen functional groups attached to an aromatic ring is 1. The summed E-state index contributed by atoms with van der Waals surface area (Å²) in [6.07, 6.45) is -2.89. The van der Waals surface area contributed by atoms with E-state index < -0.39 is 29.3 Å². The summed E-state index contributed by atoms with van der Waals surface area (Å²) in [5.74, 6) is -2.02. The molecule has 0 radical (unpaired) electrons. The van der Waals surface area contributed by atoms with Crippen molar-refractivity contribution in [2.45, 2.75) is 39.0 Å². The minimum absolute atomic E-state index is 0.0606. The third-order valence-electron chi connectivity index (χ3n) is 6.15. The van der Waals surface area contributed by atoms with Crippen molar-refractivity contribution in [3.8, 4) is 5.75 Å². The molecule has 4 nitrogen and oxygen atoms in total. The van der Waals surface area contributed by atoms with Crippen molar-refractivity contribution >= 4 is 22.8 Å². The number of carbonyl (C=O) groups excluding carboxylic acids is 1. The van der Waals surface area contributed by atoms with Gasteiger partial charge < -0.3 is 15.2 Å². The van der Waals surface area contributed by atoms with Crippen LogP contribution in [-0.4, -0.2) is 12.6 Å². The van der Waals surface area contributed by atoms with E-state index in [2.05, 4.69) is 0 Å². The molecule has 0 bridgehead atoms. The van der Waals surface area contributed by atoms with E-state index in [9.17, 15) is 26.7 Å². The Morgan fingerprint density at radius 3 is 2.43 bits per heavy atom. The highest BCUT2D eigenvalue weighted by Gasteiger charge is 2.32. The van der Waals surface area contributed by atoms with Gasteiger partial charge in [-0.15, -0.1) is 0 Å². The Bertz CT molecular complexity index is 1360. The second-order valence-corrected chi connectivity index (χ2v) is 8.57. The zero-order valence-electron chi connectivity index (χ0n) is 19.9. The van der Waals surface area contributed by atoms with E-state index in [1.165, 1.54) is 12.1 Å². The first-order valence-electron chi connectivity index (χ1n) is 11.7. The predicted octanol–water partition coefficient (Wildman–Crippen LogP) is 7.42. The zero-order chi connectivity index (χ0) is 26.7. The minimum Gasteiger partial charge on any atom is -0.488 e. The number of alkyl halides is 3. The first-order valence-corrected chi connectivity index (χ1v) is 11.7. The first-order chi connectivity index (χ1) is 17.6. The smallest absolute Gasteiger partial charge is 0.416 e. The largest absolute Gasteiger partial charge is 0.488 e. The number of hydrogen-bond acceptors (Lipinski definition) is 4. The quantitative estimate of drug-likeness (QED) is 0.201. The van der Waals surface area contributed by atoms with Gasteiger partial charge in [-0.1, -0.05) is 6.07 Å². The summed E-state index contributed by atoms with van der Waals surface area (Å²) >= 11 is 0. The van der Waals surface area contributed by atoms with E-state index in [1.807, 2.05) is 0 Å². The second kappa shape index (κ2) is 10.6. The van der Waals surface area contributed by atoms with Gasteiger partial charge in [0.2, 0.25) is 0 Å². The van der Waals surface area contributed by atoms with Gasteiger partial charge in [0.05, 0.1) is 17.7 Å². The summed E-state index contributed by atoms with van der Waals surface area (Å²) in [5, 5.41) is 0. The number of allylic oxidation sites excluding steroid dienone is 2. The summed E-state index contributed by atoms with van der Waals surface area (Å²) in [6, 6.07) is 11.0. The first kappa shape index (κ1) is 26.2. The molecular formula is C28H24F5NO3. The molecule has 0 saturated carbocycles. The maximum absolute atomic E-state index is 14.1. The molecule has 9 heteroatoms. The zero-order valence-corrected chi connectivity index (χ0v) is 19.9. The topological polar surface area (TPSA) is 61.5 Å². The number of benzene rings is 3. The molecule has 2 N–H and O–H groups in total. The van der Waals surface area contributed by atoms with Gasteiger partial charge in [0, 0.05) is 22.9 Å². The van der Waals surface area contributed by atoms with Crippen molar-refractivity contribution in [3.05, 3.63) is 94.0 Å². The van der Waals surface area contributed by atoms with E-state index in [0.29, 0.717) is 36.5 Å². The maximum atomic E-state index is 14.1. The molecule has 0 heterocycles. The number of anilines is 1. The summed E-state index contributed by atoms with van der Waals surface area (Å²) in [7, 11) is 0. The number of esters is 1. The molecular weight excluding hydrogens is 493 g/mol. The third-order valence-corrected chi connectivity index (χ3v) is 6.15. The molecule has 0 aliphatic heterocycles. The van der Waals surface area contributed by atoms with Crippen LogP contribution in [0.2, 0.25) is 0 Å². The molecule has 0 spiro atoms. The summed E-state index contributed by atoms with van der Waals surface area (Å²) in [5.41, 5.74) is 7.80. The lowest BCUT2D eigenvalue weighted by atomic mass is 9.94. The molecule has 4 rings (SSSR count). The average Bonchev–Trinajstić information content (AvgIpc) is 3.33. The average molecular weight is 517 g/mol. The second-order valence-electron chi connectivity index (χ2n) is 8.57. The summed E-state index contributed by atoms with van der Waals surface area (Å²) < 4.78 is 79.0. The molecule has 1 aliphatic rings. The van der Waals surface area contributed by atoms with E-state index in [0.717, 1.165) is 23.8 Å². The lowest BCUT2D eigenvalue weighted by molar-refractivity contribution is -0.137. The fourth-order valence-electron chi connectivity index (χ4n) is 4.35. The van der Waals surface area contributed by atoms with Crippen LogP contribution in [0.4, 0.5) is 27.6 Å². The highest BCUT2D eigenvalue weighted by molar-refractivity contribution is 5.99. The molecule has 3 aromatic rings. The lowest BCUT2D eigenvalue weighted by Crippen LogP contribution is -2.09. The van der Waals surface area contributed by atoms with Crippen LogP contribution in [0.1, 0.15) is 58.8 Å². The molecule has 0 unspecified atom stereocenters. The van der Waals surface area contributed by atoms with Gasteiger partial charge in [-0.2, -0.15) is 13.2 Å². The number of halogens is 5. The van der Waals surface area contributed by atoms with Crippen molar-refractivity contribution in [2.24, 2.45) is 0 Å². The number of nitrogens with two attached hydrogens (primary N) is 1. The number of ether oxygens (including phenoxy) is 2. The fraction of sp³-hybridized carbons (Fsp3) is 0.250. The molecule has 0 atom stereocenters. The van der Waals surface area contributed by atoms with Crippen molar-refractivity contribution in [1.29, 1.82) is 0 Å². The van der Waals surface area contributed by atoms with Crippen LogP contribution in [0.25, 0.3) is 11.1 Å². The number of hydrogen-bond donors (Lipinski definition) is 1. The normalized spacial score (nSPS) is 13.7. The van der Waals surface area contributed by atoms with E-state index in [4.69, 9.17) is 15.2 Å². The van der Waals surface area contributed by atoms with Crippen LogP contribution in [-0.2, 0) is 17.5 Å². The van der Waals surface area contributed by atoms with Gasteiger partial charge in [0.15, 0.2) is 0 Å². The molecule has 0 amide bonds. The summed E-state index contributed by atoms with van der Waals surface area (Å²) in [4.78, 5) is 12.3. The van der Waals surface area contributed by atoms with E-state index in [-0.39, 0.29) is 41.3 Å². The Balaban J connectivity index is 1.78. The molecule has 0 aromatic heterocycles. The number of rotatable bonds is 7. The van der Waals surface area contributed by atoms with Gasteiger partial charge in [-0.25, -0.2) is 13.6 Å². The van der Waals surface area contributed by atoms with Gasteiger partial charge >= 0.3 is 12.1 Å². The monoisotopic (exact) mass is 517 g/mol. The van der Waals surface area contributed by atoms with Crippen LogP contribution in [0.5, 0.6) is 5.75 Å². The highest BCUT2D eigenvalue weighted by Crippen LogP contribution is 2.45. The molecule has 3 aromatic carbocycles.